The zero-order chi connectivity index (χ0) is 16.1. The van der Waals surface area contributed by atoms with Crippen molar-refractivity contribution < 1.29 is 18.0 Å². The van der Waals surface area contributed by atoms with E-state index in [1.165, 1.54) is 6.07 Å². The Morgan fingerprint density at radius 3 is 2.45 bits per heavy atom. The van der Waals surface area contributed by atoms with Gasteiger partial charge in [-0.15, -0.1) is 0 Å². The number of carbonyl (C=O) groups is 1. The molecule has 1 amide bonds. The summed E-state index contributed by atoms with van der Waals surface area (Å²) in [6.45, 7) is 0. The van der Waals surface area contributed by atoms with Crippen molar-refractivity contribution in [2.45, 2.75) is 6.18 Å². The third kappa shape index (κ3) is 2.45. The number of halogens is 4. The van der Waals surface area contributed by atoms with Crippen molar-refractivity contribution in [3.8, 4) is 0 Å². The molecule has 0 unspecified atom stereocenters. The molecular formula is C15H10BrF3N2O. The van der Waals surface area contributed by atoms with Gasteiger partial charge in [-0.25, -0.2) is 0 Å². The first kappa shape index (κ1) is 14.9. The number of alkyl halides is 3. The summed E-state index contributed by atoms with van der Waals surface area (Å²) in [5.41, 5.74) is 0.852. The van der Waals surface area contributed by atoms with Crippen LogP contribution in [0.2, 0.25) is 0 Å². The molecule has 0 fully saturated rings. The molecule has 22 heavy (non-hydrogen) atoms. The molecule has 1 aliphatic heterocycles. The number of nitrogens with zero attached hydrogens (tertiary/aromatic N) is 1. The molecule has 7 heteroatoms. The van der Waals surface area contributed by atoms with Crippen molar-refractivity contribution in [3.63, 3.8) is 0 Å². The Kier molecular flexibility index (Phi) is 3.40. The van der Waals surface area contributed by atoms with Crippen LogP contribution in [0.25, 0.3) is 0 Å². The van der Waals surface area contributed by atoms with Crippen molar-refractivity contribution in [2.24, 2.45) is 0 Å². The van der Waals surface area contributed by atoms with Crippen LogP contribution < -0.4 is 10.2 Å². The largest absolute Gasteiger partial charge is 0.416 e. The molecule has 0 aromatic heterocycles. The van der Waals surface area contributed by atoms with Crippen LogP contribution in [0.4, 0.5) is 30.2 Å². The molecule has 1 N–H and O–H groups in total. The van der Waals surface area contributed by atoms with Crippen LogP contribution in [0.3, 0.4) is 0 Å². The summed E-state index contributed by atoms with van der Waals surface area (Å²) >= 11 is 3.29. The predicted molar refractivity (Wildman–Crippen MR) is 81.6 cm³/mol. The fourth-order valence-electron chi connectivity index (χ4n) is 2.41. The lowest BCUT2D eigenvalue weighted by atomic mass is 10.1. The maximum atomic E-state index is 12.8. The van der Waals surface area contributed by atoms with E-state index in [-0.39, 0.29) is 5.69 Å². The molecule has 0 atom stereocenters. The predicted octanol–water partition coefficient (Wildman–Crippen LogP) is 4.80. The van der Waals surface area contributed by atoms with E-state index in [1.54, 1.807) is 30.1 Å². The van der Waals surface area contributed by atoms with Crippen molar-refractivity contribution in [1.29, 1.82) is 0 Å². The number of nitrogens with one attached hydrogen (secondary N) is 1. The smallest absolute Gasteiger partial charge is 0.342 e. The van der Waals surface area contributed by atoms with E-state index in [2.05, 4.69) is 21.2 Å². The molecule has 2 aromatic carbocycles. The van der Waals surface area contributed by atoms with Gasteiger partial charge in [-0.1, -0.05) is 15.9 Å². The SMILES string of the molecule is CN1c2ccc(C(F)(F)F)cc2NC(=O)c2cc(Br)ccc21. The van der Waals surface area contributed by atoms with Gasteiger partial charge >= 0.3 is 6.18 Å². The van der Waals surface area contributed by atoms with Gasteiger partial charge < -0.3 is 10.2 Å². The molecule has 0 spiro atoms. The van der Waals surface area contributed by atoms with Gasteiger partial charge in [-0.05, 0) is 36.4 Å². The third-order valence-electron chi connectivity index (χ3n) is 3.50. The average molecular weight is 371 g/mol. The summed E-state index contributed by atoms with van der Waals surface area (Å²) in [4.78, 5) is 14.0. The van der Waals surface area contributed by atoms with Crippen LogP contribution in [0.5, 0.6) is 0 Å². The quantitative estimate of drug-likeness (QED) is 0.722. The first-order chi connectivity index (χ1) is 10.3. The lowest BCUT2D eigenvalue weighted by Gasteiger charge is -2.21. The Hall–Kier alpha value is -2.02. The highest BCUT2D eigenvalue weighted by Crippen LogP contribution is 2.40. The van der Waals surface area contributed by atoms with Crippen molar-refractivity contribution in [2.75, 3.05) is 17.3 Å². The van der Waals surface area contributed by atoms with E-state index in [0.717, 1.165) is 16.6 Å². The Morgan fingerprint density at radius 2 is 1.77 bits per heavy atom. The van der Waals surface area contributed by atoms with Crippen LogP contribution in [-0.4, -0.2) is 13.0 Å². The highest BCUT2D eigenvalue weighted by molar-refractivity contribution is 9.10. The number of hydrogen-bond acceptors (Lipinski definition) is 2. The van der Waals surface area contributed by atoms with Crippen LogP contribution >= 0.6 is 15.9 Å². The van der Waals surface area contributed by atoms with E-state index >= 15 is 0 Å². The van der Waals surface area contributed by atoms with Gasteiger partial charge in [0, 0.05) is 11.5 Å². The minimum atomic E-state index is -4.46. The van der Waals surface area contributed by atoms with Crippen molar-refractivity contribution in [3.05, 3.63) is 52.0 Å². The van der Waals surface area contributed by atoms with Crippen molar-refractivity contribution in [1.82, 2.24) is 0 Å². The summed E-state index contributed by atoms with van der Waals surface area (Å²) in [6, 6.07) is 8.47. The maximum Gasteiger partial charge on any atom is 0.416 e. The van der Waals surface area contributed by atoms with E-state index in [4.69, 9.17) is 0 Å². The van der Waals surface area contributed by atoms with Gasteiger partial charge in [0.15, 0.2) is 0 Å². The van der Waals surface area contributed by atoms with Crippen molar-refractivity contribution >= 4 is 38.9 Å². The normalized spacial score (nSPS) is 14.0. The van der Waals surface area contributed by atoms with Gasteiger partial charge in [-0.3, -0.25) is 4.79 Å². The summed E-state index contributed by atoms with van der Waals surface area (Å²) in [7, 11) is 1.71. The summed E-state index contributed by atoms with van der Waals surface area (Å²) in [5.74, 6) is -0.443. The fraction of sp³-hybridized carbons (Fsp3) is 0.133. The van der Waals surface area contributed by atoms with E-state index in [0.29, 0.717) is 16.9 Å². The molecule has 1 aliphatic rings. The summed E-state index contributed by atoms with van der Waals surface area (Å²) in [5, 5.41) is 2.55. The van der Waals surface area contributed by atoms with Crippen LogP contribution in [-0.2, 0) is 6.18 Å². The number of hydrogen-bond donors (Lipinski definition) is 1. The van der Waals surface area contributed by atoms with E-state index < -0.39 is 17.6 Å². The Morgan fingerprint density at radius 1 is 1.09 bits per heavy atom. The Bertz CT molecular complexity index is 774. The minimum Gasteiger partial charge on any atom is -0.342 e. The standard InChI is InChI=1S/C15H10BrF3N2O/c1-21-12-5-3-9(16)7-10(12)14(22)20-11-6-8(15(17,18)19)2-4-13(11)21/h2-7H,1H3,(H,20,22). The Labute approximate surface area is 132 Å². The molecule has 114 valence electrons. The molecular weight excluding hydrogens is 361 g/mol. The number of carbonyl (C=O) groups excluding carboxylic acids is 1. The summed E-state index contributed by atoms with van der Waals surface area (Å²) in [6.07, 6.45) is -4.46. The average Bonchev–Trinajstić information content (AvgIpc) is 2.54. The maximum absolute atomic E-state index is 12.8. The second kappa shape index (κ2) is 5.01. The number of rotatable bonds is 0. The van der Waals surface area contributed by atoms with Gasteiger partial charge in [-0.2, -0.15) is 13.2 Å². The zero-order valence-electron chi connectivity index (χ0n) is 11.3. The monoisotopic (exact) mass is 370 g/mol. The first-order valence-electron chi connectivity index (χ1n) is 6.33. The molecule has 0 radical (unpaired) electrons. The first-order valence-corrected chi connectivity index (χ1v) is 7.12. The topological polar surface area (TPSA) is 32.3 Å². The number of benzene rings is 2. The molecule has 0 saturated heterocycles. The highest BCUT2D eigenvalue weighted by atomic mass is 79.9. The zero-order valence-corrected chi connectivity index (χ0v) is 12.9. The molecule has 2 aromatic rings. The van der Waals surface area contributed by atoms with Gasteiger partial charge in [0.05, 0.1) is 28.2 Å². The molecule has 3 rings (SSSR count). The highest BCUT2D eigenvalue weighted by Gasteiger charge is 2.32. The van der Waals surface area contributed by atoms with Gasteiger partial charge in [0.2, 0.25) is 0 Å². The Balaban J connectivity index is 2.17. The molecule has 0 aliphatic carbocycles. The van der Waals surface area contributed by atoms with Crippen LogP contribution in [0, 0.1) is 0 Å². The number of amides is 1. The second-order valence-electron chi connectivity index (χ2n) is 4.90. The molecule has 0 saturated carbocycles. The molecule has 0 bridgehead atoms. The molecule has 3 nitrogen and oxygen atoms in total. The number of anilines is 3. The van der Waals surface area contributed by atoms with Crippen LogP contribution in [0.15, 0.2) is 40.9 Å². The minimum absolute atomic E-state index is 0.134. The van der Waals surface area contributed by atoms with Gasteiger partial charge in [0.25, 0.3) is 5.91 Å². The number of fused-ring (bicyclic) bond motifs is 2. The van der Waals surface area contributed by atoms with Gasteiger partial charge in [0.1, 0.15) is 0 Å². The third-order valence-corrected chi connectivity index (χ3v) is 3.99. The lowest BCUT2D eigenvalue weighted by Crippen LogP contribution is -2.12. The second-order valence-corrected chi connectivity index (χ2v) is 5.82. The van der Waals surface area contributed by atoms with Crippen LogP contribution in [0.1, 0.15) is 15.9 Å². The lowest BCUT2D eigenvalue weighted by molar-refractivity contribution is -0.137. The molecule has 1 heterocycles. The summed E-state index contributed by atoms with van der Waals surface area (Å²) < 4.78 is 39.2. The van der Waals surface area contributed by atoms with E-state index in [9.17, 15) is 18.0 Å². The fourth-order valence-corrected chi connectivity index (χ4v) is 2.77. The van der Waals surface area contributed by atoms with E-state index in [1.807, 2.05) is 0 Å².